The van der Waals surface area contributed by atoms with E-state index in [1.54, 1.807) is 0 Å². The van der Waals surface area contributed by atoms with E-state index >= 15 is 0 Å². The van der Waals surface area contributed by atoms with Gasteiger partial charge in [0.2, 0.25) is 0 Å². The van der Waals surface area contributed by atoms with E-state index in [2.05, 4.69) is 54.3 Å². The second-order valence-electron chi connectivity index (χ2n) is 9.86. The number of ether oxygens (including phenoxy) is 2. The van der Waals surface area contributed by atoms with Gasteiger partial charge >= 0.3 is 0 Å². The van der Waals surface area contributed by atoms with Crippen molar-refractivity contribution in [3.05, 3.63) is 99.5 Å². The fourth-order valence-corrected chi connectivity index (χ4v) is 5.77. The number of para-hydroxylation sites is 1. The first kappa shape index (κ1) is 24.6. The fraction of sp³-hybridized carbons (Fsp3) is 0.400. The predicted molar refractivity (Wildman–Crippen MR) is 144 cm³/mol. The molecule has 0 N–H and O–H groups in total. The molecule has 5 heteroatoms. The topological polar surface area (TPSA) is 21.7 Å². The summed E-state index contributed by atoms with van der Waals surface area (Å²) in [4.78, 5) is 2.58. The van der Waals surface area contributed by atoms with Crippen LogP contribution in [0.5, 0.6) is 5.75 Å². The fourth-order valence-electron chi connectivity index (χ4n) is 5.52. The molecule has 0 radical (unpaired) electrons. The number of likely N-dealkylation sites (tertiary alicyclic amines) is 1. The lowest BCUT2D eigenvalue weighted by Gasteiger charge is -2.43. The summed E-state index contributed by atoms with van der Waals surface area (Å²) in [6.07, 6.45) is 4.25. The Morgan fingerprint density at radius 1 is 0.886 bits per heavy atom. The van der Waals surface area contributed by atoms with Gasteiger partial charge in [0.1, 0.15) is 17.5 Å². The van der Waals surface area contributed by atoms with Crippen LogP contribution in [0.3, 0.4) is 0 Å². The third-order valence-corrected chi connectivity index (χ3v) is 8.25. The predicted octanol–water partition coefficient (Wildman–Crippen LogP) is 7.74. The zero-order valence-electron chi connectivity index (χ0n) is 20.3. The summed E-state index contributed by atoms with van der Waals surface area (Å²) >= 11 is 12.3. The van der Waals surface area contributed by atoms with Crippen molar-refractivity contribution >= 4 is 23.2 Å². The molecule has 0 amide bonds. The van der Waals surface area contributed by atoms with E-state index in [0.717, 1.165) is 66.7 Å². The van der Waals surface area contributed by atoms with E-state index in [0.29, 0.717) is 12.5 Å². The maximum atomic E-state index is 6.52. The van der Waals surface area contributed by atoms with Crippen LogP contribution in [0.25, 0.3) is 0 Å². The van der Waals surface area contributed by atoms with Crippen LogP contribution in [0.2, 0.25) is 10.0 Å². The number of hydrogen-bond acceptors (Lipinski definition) is 3. The van der Waals surface area contributed by atoms with Crippen LogP contribution in [-0.2, 0) is 11.3 Å². The van der Waals surface area contributed by atoms with Crippen molar-refractivity contribution in [3.8, 4) is 5.75 Å². The van der Waals surface area contributed by atoms with Crippen LogP contribution in [-0.4, -0.2) is 36.2 Å². The highest BCUT2D eigenvalue weighted by Crippen LogP contribution is 2.38. The molecule has 1 unspecified atom stereocenters. The molecule has 35 heavy (non-hydrogen) atoms. The van der Waals surface area contributed by atoms with Crippen LogP contribution >= 0.6 is 23.2 Å². The van der Waals surface area contributed by atoms with Gasteiger partial charge in [0.25, 0.3) is 0 Å². The van der Waals surface area contributed by atoms with Crippen LogP contribution in [0, 0.1) is 0 Å². The molecule has 5 rings (SSSR count). The number of nitrogens with zero attached hydrogens (tertiary/aromatic N) is 1. The van der Waals surface area contributed by atoms with E-state index in [-0.39, 0.29) is 11.7 Å². The Morgan fingerprint density at radius 3 is 2.11 bits per heavy atom. The van der Waals surface area contributed by atoms with Gasteiger partial charge in [0.05, 0.1) is 6.61 Å². The Bertz CT molecular complexity index is 1060. The maximum Gasteiger partial charge on any atom is 0.125 e. The quantitative estimate of drug-likeness (QED) is 0.339. The van der Waals surface area contributed by atoms with Gasteiger partial charge in [-0.25, -0.2) is 0 Å². The minimum absolute atomic E-state index is 0.0486. The number of hydrogen-bond donors (Lipinski definition) is 0. The summed E-state index contributed by atoms with van der Waals surface area (Å²) in [7, 11) is 0. The number of rotatable bonds is 6. The maximum absolute atomic E-state index is 6.52. The standard InChI is InChI=1S/C30H33Cl2NO2/c1-22-30(34-21-25-5-2-3-7-29(25)35-22)16-19-33(20-17-30)18-4-6-28(23-8-12-26(31)13-9-23)24-10-14-27(32)15-11-24/h2-3,5,7-15,22,28H,4,6,16-21H2,1H3. The summed E-state index contributed by atoms with van der Waals surface area (Å²) < 4.78 is 12.9. The van der Waals surface area contributed by atoms with Crippen molar-refractivity contribution in [3.63, 3.8) is 0 Å². The molecule has 0 aromatic heterocycles. The van der Waals surface area contributed by atoms with Crippen LogP contribution < -0.4 is 4.74 Å². The average molecular weight is 511 g/mol. The van der Waals surface area contributed by atoms with Crippen molar-refractivity contribution in [2.24, 2.45) is 0 Å². The Labute approximate surface area is 219 Å². The van der Waals surface area contributed by atoms with E-state index < -0.39 is 0 Å². The first-order valence-electron chi connectivity index (χ1n) is 12.6. The molecule has 0 aliphatic carbocycles. The van der Waals surface area contributed by atoms with Gasteiger partial charge in [0.15, 0.2) is 0 Å². The summed E-state index contributed by atoms with van der Waals surface area (Å²) in [5.74, 6) is 1.30. The molecule has 0 saturated carbocycles. The van der Waals surface area contributed by atoms with Crippen molar-refractivity contribution in [1.29, 1.82) is 0 Å². The third-order valence-electron chi connectivity index (χ3n) is 7.75. The highest BCUT2D eigenvalue weighted by molar-refractivity contribution is 6.30. The molecular weight excluding hydrogens is 477 g/mol. The molecule has 1 saturated heterocycles. The second-order valence-corrected chi connectivity index (χ2v) is 10.7. The lowest BCUT2D eigenvalue weighted by atomic mass is 9.85. The van der Waals surface area contributed by atoms with E-state index in [1.807, 2.05) is 30.3 Å². The Morgan fingerprint density at radius 2 is 1.49 bits per heavy atom. The van der Waals surface area contributed by atoms with Gasteiger partial charge in [0, 0.05) is 34.6 Å². The van der Waals surface area contributed by atoms with E-state index in [1.165, 1.54) is 11.1 Å². The van der Waals surface area contributed by atoms with Crippen LogP contribution in [0.1, 0.15) is 55.2 Å². The number of fused-ring (bicyclic) bond motifs is 1. The molecule has 3 aromatic carbocycles. The SMILES string of the molecule is CC1Oc2ccccc2COC12CCN(CCCC(c1ccc(Cl)cc1)c1ccc(Cl)cc1)CC2. The van der Waals surface area contributed by atoms with E-state index in [4.69, 9.17) is 32.7 Å². The minimum atomic E-state index is -0.204. The molecular formula is C30H33Cl2NO2. The molecule has 2 heterocycles. The van der Waals surface area contributed by atoms with Crippen molar-refractivity contribution in [1.82, 2.24) is 4.90 Å². The Hall–Kier alpha value is -2.04. The van der Waals surface area contributed by atoms with Crippen molar-refractivity contribution in [2.45, 2.75) is 56.8 Å². The summed E-state index contributed by atoms with van der Waals surface area (Å²) in [6, 6.07) is 24.8. The average Bonchev–Trinajstić information content (AvgIpc) is 3.01. The van der Waals surface area contributed by atoms with Gasteiger partial charge in [-0.1, -0.05) is 65.7 Å². The highest BCUT2D eigenvalue weighted by Gasteiger charge is 2.43. The number of benzene rings is 3. The molecule has 1 fully saturated rings. The Kier molecular flexibility index (Phi) is 7.69. The molecule has 3 aromatic rings. The van der Waals surface area contributed by atoms with Gasteiger partial charge < -0.3 is 14.4 Å². The molecule has 3 nitrogen and oxygen atoms in total. The number of halogens is 2. The van der Waals surface area contributed by atoms with Crippen LogP contribution in [0.15, 0.2) is 72.8 Å². The minimum Gasteiger partial charge on any atom is -0.487 e. The first-order chi connectivity index (χ1) is 17.0. The summed E-state index contributed by atoms with van der Waals surface area (Å²) in [6.45, 7) is 5.96. The molecule has 2 aliphatic heterocycles. The summed E-state index contributed by atoms with van der Waals surface area (Å²) in [5, 5.41) is 1.54. The van der Waals surface area contributed by atoms with Gasteiger partial charge in [-0.2, -0.15) is 0 Å². The molecule has 2 aliphatic rings. The lowest BCUT2D eigenvalue weighted by Crippen LogP contribution is -2.53. The molecule has 184 valence electrons. The van der Waals surface area contributed by atoms with Gasteiger partial charge in [-0.15, -0.1) is 0 Å². The third kappa shape index (κ3) is 5.70. The summed E-state index contributed by atoms with van der Waals surface area (Å²) in [5.41, 5.74) is 3.54. The lowest BCUT2D eigenvalue weighted by molar-refractivity contribution is -0.136. The number of piperidine rings is 1. The zero-order valence-corrected chi connectivity index (χ0v) is 21.8. The van der Waals surface area contributed by atoms with Gasteiger partial charge in [-0.3, -0.25) is 0 Å². The first-order valence-corrected chi connectivity index (χ1v) is 13.4. The van der Waals surface area contributed by atoms with Crippen LogP contribution in [0.4, 0.5) is 0 Å². The van der Waals surface area contributed by atoms with E-state index in [9.17, 15) is 0 Å². The molecule has 1 spiro atoms. The smallest absolute Gasteiger partial charge is 0.125 e. The van der Waals surface area contributed by atoms with Crippen molar-refractivity contribution in [2.75, 3.05) is 19.6 Å². The van der Waals surface area contributed by atoms with Gasteiger partial charge in [-0.05, 0) is 80.6 Å². The highest BCUT2D eigenvalue weighted by atomic mass is 35.5. The Balaban J connectivity index is 1.18. The van der Waals surface area contributed by atoms with Crippen molar-refractivity contribution < 1.29 is 9.47 Å². The zero-order chi connectivity index (χ0) is 24.3. The normalized spacial score (nSPS) is 19.8. The monoisotopic (exact) mass is 509 g/mol. The molecule has 1 atom stereocenters. The second kappa shape index (κ2) is 10.9. The molecule has 0 bridgehead atoms. The largest absolute Gasteiger partial charge is 0.487 e.